The maximum atomic E-state index is 11.9. The van der Waals surface area contributed by atoms with Crippen molar-refractivity contribution in [1.29, 1.82) is 0 Å². The first-order valence-corrected chi connectivity index (χ1v) is 8.38. The number of ether oxygens (including phenoxy) is 1. The van der Waals surface area contributed by atoms with E-state index in [-0.39, 0.29) is 17.7 Å². The smallest absolute Gasteiger partial charge is 0.339 e. The number of benzene rings is 2. The molecule has 0 saturated heterocycles. The molecule has 2 aromatic rings. The highest BCUT2D eigenvalue weighted by Gasteiger charge is 2.18. The number of hydrogen-bond donors (Lipinski definition) is 1. The van der Waals surface area contributed by atoms with Gasteiger partial charge in [-0.25, -0.2) is 9.59 Å². The lowest BCUT2D eigenvalue weighted by molar-refractivity contribution is 0.0514. The van der Waals surface area contributed by atoms with Crippen LogP contribution in [-0.2, 0) is 4.74 Å². The Bertz CT molecular complexity index is 698. The van der Waals surface area contributed by atoms with Gasteiger partial charge in [-0.1, -0.05) is 11.8 Å². The zero-order valence-electron chi connectivity index (χ0n) is 11.7. The van der Waals surface area contributed by atoms with Crippen LogP contribution in [0, 0.1) is 3.57 Å². The SMILES string of the molecule is CCOC(=O)c1cc(Sc2ccc(I)cc2)ccc1C(=O)O. The van der Waals surface area contributed by atoms with Crippen LogP contribution in [0.1, 0.15) is 27.6 Å². The summed E-state index contributed by atoms with van der Waals surface area (Å²) in [6.07, 6.45) is 0. The summed E-state index contributed by atoms with van der Waals surface area (Å²) in [7, 11) is 0. The van der Waals surface area contributed by atoms with Crippen LogP contribution in [0.15, 0.2) is 52.3 Å². The minimum absolute atomic E-state index is 0.0505. The highest BCUT2D eigenvalue weighted by atomic mass is 127. The fourth-order valence-corrected chi connectivity index (χ4v) is 3.01. The van der Waals surface area contributed by atoms with Crippen LogP contribution in [0.25, 0.3) is 0 Å². The number of rotatable bonds is 5. The van der Waals surface area contributed by atoms with E-state index in [9.17, 15) is 14.7 Å². The topological polar surface area (TPSA) is 63.6 Å². The number of carbonyl (C=O) groups is 2. The number of hydrogen-bond acceptors (Lipinski definition) is 4. The van der Waals surface area contributed by atoms with Crippen molar-refractivity contribution in [2.24, 2.45) is 0 Å². The van der Waals surface area contributed by atoms with Crippen molar-refractivity contribution in [3.63, 3.8) is 0 Å². The van der Waals surface area contributed by atoms with Gasteiger partial charge in [0.1, 0.15) is 0 Å². The van der Waals surface area contributed by atoms with Crippen molar-refractivity contribution < 1.29 is 19.4 Å². The molecule has 2 rings (SSSR count). The lowest BCUT2D eigenvalue weighted by atomic mass is 10.1. The van der Waals surface area contributed by atoms with Crippen molar-refractivity contribution in [2.45, 2.75) is 16.7 Å². The molecule has 0 heterocycles. The molecular formula is C16H13IO4S. The Morgan fingerprint density at radius 2 is 1.73 bits per heavy atom. The average Bonchev–Trinajstić information content (AvgIpc) is 2.49. The molecule has 0 radical (unpaired) electrons. The molecule has 0 aliphatic rings. The van der Waals surface area contributed by atoms with Gasteiger partial charge in [0.15, 0.2) is 0 Å². The standard InChI is InChI=1S/C16H13IO4S/c1-2-21-16(20)14-9-12(7-8-13(14)15(18)19)22-11-5-3-10(17)4-6-11/h3-9H,2H2,1H3,(H,18,19). The molecule has 0 aliphatic carbocycles. The van der Waals surface area contributed by atoms with Gasteiger partial charge in [0.25, 0.3) is 0 Å². The molecule has 4 nitrogen and oxygen atoms in total. The van der Waals surface area contributed by atoms with Crippen molar-refractivity contribution >= 4 is 46.3 Å². The average molecular weight is 428 g/mol. The summed E-state index contributed by atoms with van der Waals surface area (Å²) < 4.78 is 6.06. The van der Waals surface area contributed by atoms with Gasteiger partial charge >= 0.3 is 11.9 Å². The van der Waals surface area contributed by atoms with E-state index in [2.05, 4.69) is 22.6 Å². The van der Waals surface area contributed by atoms with Crippen LogP contribution in [0.4, 0.5) is 0 Å². The summed E-state index contributed by atoms with van der Waals surface area (Å²) in [5, 5.41) is 9.18. The predicted molar refractivity (Wildman–Crippen MR) is 92.6 cm³/mol. The van der Waals surface area contributed by atoms with Crippen LogP contribution >= 0.6 is 34.4 Å². The predicted octanol–water partition coefficient (Wildman–Crippen LogP) is 4.32. The Morgan fingerprint density at radius 1 is 1.09 bits per heavy atom. The zero-order valence-corrected chi connectivity index (χ0v) is 14.7. The molecule has 0 aromatic heterocycles. The second kappa shape index (κ2) is 7.64. The van der Waals surface area contributed by atoms with Crippen molar-refractivity contribution in [2.75, 3.05) is 6.61 Å². The summed E-state index contributed by atoms with van der Waals surface area (Å²) >= 11 is 3.69. The van der Waals surface area contributed by atoms with Gasteiger partial charge in [-0.15, -0.1) is 0 Å². The van der Waals surface area contributed by atoms with Gasteiger partial charge in [-0.2, -0.15) is 0 Å². The monoisotopic (exact) mass is 428 g/mol. The van der Waals surface area contributed by atoms with Gasteiger partial charge in [-0.05, 0) is 72.0 Å². The molecule has 22 heavy (non-hydrogen) atoms. The Hall–Kier alpha value is -1.54. The lowest BCUT2D eigenvalue weighted by Crippen LogP contribution is -2.11. The van der Waals surface area contributed by atoms with E-state index in [1.807, 2.05) is 24.3 Å². The minimum atomic E-state index is -1.14. The number of aromatic carboxylic acids is 1. The molecular weight excluding hydrogens is 415 g/mol. The highest BCUT2D eigenvalue weighted by Crippen LogP contribution is 2.30. The van der Waals surface area contributed by atoms with Gasteiger partial charge in [0, 0.05) is 13.4 Å². The molecule has 0 fully saturated rings. The van der Waals surface area contributed by atoms with Gasteiger partial charge in [0.05, 0.1) is 17.7 Å². The Morgan fingerprint density at radius 3 is 2.32 bits per heavy atom. The summed E-state index contributed by atoms with van der Waals surface area (Å²) in [5.74, 6) is -1.76. The number of carboxylic acids is 1. The van der Waals surface area contributed by atoms with Crippen molar-refractivity contribution in [1.82, 2.24) is 0 Å². The zero-order chi connectivity index (χ0) is 16.1. The maximum Gasteiger partial charge on any atom is 0.339 e. The summed E-state index contributed by atoms with van der Waals surface area (Å²) in [6.45, 7) is 1.88. The van der Waals surface area contributed by atoms with Crippen LogP contribution in [0.3, 0.4) is 0 Å². The van der Waals surface area contributed by atoms with Crippen molar-refractivity contribution in [3.05, 3.63) is 57.2 Å². The van der Waals surface area contributed by atoms with Crippen LogP contribution in [0.2, 0.25) is 0 Å². The Balaban J connectivity index is 2.33. The molecule has 0 amide bonds. The lowest BCUT2D eigenvalue weighted by Gasteiger charge is -2.08. The van der Waals surface area contributed by atoms with E-state index in [0.29, 0.717) is 0 Å². The second-order valence-corrected chi connectivity index (χ2v) is 6.68. The van der Waals surface area contributed by atoms with Gasteiger partial charge in [-0.3, -0.25) is 0 Å². The fraction of sp³-hybridized carbons (Fsp3) is 0.125. The number of esters is 1. The van der Waals surface area contributed by atoms with Crippen LogP contribution in [-0.4, -0.2) is 23.7 Å². The molecule has 1 N–H and O–H groups in total. The number of halogens is 1. The third kappa shape index (κ3) is 4.23. The normalized spacial score (nSPS) is 10.3. The van der Waals surface area contributed by atoms with E-state index in [4.69, 9.17) is 4.74 Å². The van der Waals surface area contributed by atoms with E-state index in [0.717, 1.165) is 13.4 Å². The molecule has 0 spiro atoms. The van der Waals surface area contributed by atoms with E-state index < -0.39 is 11.9 Å². The number of carbonyl (C=O) groups excluding carboxylic acids is 1. The van der Waals surface area contributed by atoms with E-state index in [1.54, 1.807) is 19.1 Å². The molecule has 0 aliphatic heterocycles. The van der Waals surface area contributed by atoms with E-state index >= 15 is 0 Å². The molecule has 6 heteroatoms. The van der Waals surface area contributed by atoms with Crippen LogP contribution in [0.5, 0.6) is 0 Å². The van der Waals surface area contributed by atoms with Gasteiger partial charge in [0.2, 0.25) is 0 Å². The highest BCUT2D eigenvalue weighted by molar-refractivity contribution is 14.1. The number of carboxylic acid groups (broad SMARTS) is 1. The maximum absolute atomic E-state index is 11.9. The quantitative estimate of drug-likeness (QED) is 0.568. The first kappa shape index (κ1) is 16.8. The molecule has 114 valence electrons. The van der Waals surface area contributed by atoms with Gasteiger partial charge < -0.3 is 9.84 Å². The molecule has 0 unspecified atom stereocenters. The fourth-order valence-electron chi connectivity index (χ4n) is 1.79. The molecule has 0 bridgehead atoms. The van der Waals surface area contributed by atoms with Crippen molar-refractivity contribution in [3.8, 4) is 0 Å². The second-order valence-electron chi connectivity index (χ2n) is 4.29. The first-order chi connectivity index (χ1) is 10.5. The Labute approximate surface area is 146 Å². The summed E-state index contributed by atoms with van der Waals surface area (Å²) in [4.78, 5) is 24.9. The molecule has 2 aromatic carbocycles. The minimum Gasteiger partial charge on any atom is -0.478 e. The van der Waals surface area contributed by atoms with Crippen LogP contribution < -0.4 is 0 Å². The third-order valence-corrected chi connectivity index (χ3v) is 4.48. The summed E-state index contributed by atoms with van der Waals surface area (Å²) in [5.41, 5.74) is 0.0234. The van der Waals surface area contributed by atoms with E-state index in [1.165, 1.54) is 17.8 Å². The summed E-state index contributed by atoms with van der Waals surface area (Å²) in [6, 6.07) is 12.6. The largest absolute Gasteiger partial charge is 0.478 e. The third-order valence-electron chi connectivity index (χ3n) is 2.77. The molecule has 0 saturated carbocycles. The first-order valence-electron chi connectivity index (χ1n) is 6.49. The Kier molecular flexibility index (Phi) is 5.84. The molecule has 0 atom stereocenters.